The summed E-state index contributed by atoms with van der Waals surface area (Å²) < 4.78 is 16.7. The molecule has 10 nitrogen and oxygen atoms in total. The van der Waals surface area contributed by atoms with Crippen molar-refractivity contribution in [2.45, 2.75) is 32.4 Å². The van der Waals surface area contributed by atoms with Gasteiger partial charge < -0.3 is 23.7 Å². The van der Waals surface area contributed by atoms with Crippen LogP contribution in [-0.2, 0) is 13.0 Å². The lowest BCUT2D eigenvalue weighted by Gasteiger charge is -2.31. The number of rotatable bonds is 5. The van der Waals surface area contributed by atoms with Crippen molar-refractivity contribution in [1.82, 2.24) is 24.8 Å². The van der Waals surface area contributed by atoms with Gasteiger partial charge in [0.1, 0.15) is 12.4 Å². The van der Waals surface area contributed by atoms with Crippen molar-refractivity contribution in [2.24, 2.45) is 0 Å². The van der Waals surface area contributed by atoms with E-state index in [-0.39, 0.29) is 17.8 Å². The number of fused-ring (bicyclic) bond motifs is 1. The van der Waals surface area contributed by atoms with Crippen LogP contribution in [0.25, 0.3) is 0 Å². The quantitative estimate of drug-likeness (QED) is 0.594. The number of likely N-dealkylation sites (tertiary alicyclic amines) is 1. The van der Waals surface area contributed by atoms with Crippen LogP contribution in [0, 0.1) is 6.92 Å². The normalized spacial score (nSPS) is 17.9. The molecule has 1 fully saturated rings. The number of ether oxygens (including phenoxy) is 2. The number of pyridine rings is 1. The molecule has 0 aliphatic carbocycles. The molecule has 166 valence electrons. The lowest BCUT2D eigenvalue weighted by Crippen LogP contribution is -2.33. The third kappa shape index (κ3) is 3.83. The monoisotopic (exact) mass is 436 g/mol. The van der Waals surface area contributed by atoms with Crippen LogP contribution in [0.1, 0.15) is 33.8 Å². The minimum absolute atomic E-state index is 0.138. The highest BCUT2D eigenvalue weighted by atomic mass is 16.5. The number of carbonyl (C=O) groups is 1. The topological polar surface area (TPSA) is 107 Å². The van der Waals surface area contributed by atoms with Crippen molar-refractivity contribution in [3.8, 4) is 11.8 Å². The Labute approximate surface area is 185 Å². The molecule has 0 spiro atoms. The highest BCUT2D eigenvalue weighted by Gasteiger charge is 2.31. The molecule has 5 rings (SSSR count). The molecule has 1 atom stereocenters. The minimum atomic E-state index is -0.174. The van der Waals surface area contributed by atoms with E-state index in [2.05, 4.69) is 30.9 Å². The maximum absolute atomic E-state index is 12.5. The smallest absolute Gasteiger partial charge is 0.291 e. The van der Waals surface area contributed by atoms with E-state index in [4.69, 9.17) is 13.9 Å². The second kappa shape index (κ2) is 8.45. The Hall–Kier alpha value is -3.69. The summed E-state index contributed by atoms with van der Waals surface area (Å²) >= 11 is 0. The molecule has 3 aromatic rings. The van der Waals surface area contributed by atoms with Gasteiger partial charge in [-0.05, 0) is 13.0 Å². The Morgan fingerprint density at radius 1 is 1.19 bits per heavy atom. The molecule has 1 saturated heterocycles. The van der Waals surface area contributed by atoms with E-state index in [0.29, 0.717) is 31.4 Å². The highest BCUT2D eigenvalue weighted by Crippen LogP contribution is 2.31. The highest BCUT2D eigenvalue weighted by molar-refractivity contribution is 5.91. The number of amides is 1. The van der Waals surface area contributed by atoms with Gasteiger partial charge in [-0.25, -0.2) is 19.9 Å². The zero-order valence-electron chi connectivity index (χ0n) is 18.0. The van der Waals surface area contributed by atoms with Gasteiger partial charge in [0.25, 0.3) is 5.91 Å². The van der Waals surface area contributed by atoms with Crippen molar-refractivity contribution in [2.75, 3.05) is 31.6 Å². The van der Waals surface area contributed by atoms with Crippen LogP contribution >= 0.6 is 0 Å². The van der Waals surface area contributed by atoms with Crippen LogP contribution in [0.5, 0.6) is 11.8 Å². The fraction of sp³-hybridized carbons (Fsp3) is 0.409. The number of carbonyl (C=O) groups excluding carboxylic acids is 1. The molecule has 1 unspecified atom stereocenters. The van der Waals surface area contributed by atoms with Gasteiger partial charge in [0.05, 0.1) is 49.5 Å². The number of nitrogens with zero attached hydrogens (tertiary/aromatic N) is 6. The maximum Gasteiger partial charge on any atom is 0.291 e. The molecular weight excluding hydrogens is 412 g/mol. The van der Waals surface area contributed by atoms with Gasteiger partial charge in [-0.2, -0.15) is 0 Å². The number of aryl methyl sites for hydroxylation is 1. The molecule has 5 heterocycles. The lowest BCUT2D eigenvalue weighted by molar-refractivity contribution is 0.0739. The molecule has 0 aromatic carbocycles. The van der Waals surface area contributed by atoms with Gasteiger partial charge in [-0.15, -0.1) is 0 Å². The number of aromatic nitrogens is 4. The van der Waals surface area contributed by atoms with Gasteiger partial charge in [0, 0.05) is 31.5 Å². The fourth-order valence-corrected chi connectivity index (χ4v) is 4.22. The minimum Gasteiger partial charge on any atom is -0.481 e. The van der Waals surface area contributed by atoms with Gasteiger partial charge in [0.2, 0.25) is 17.5 Å². The average Bonchev–Trinajstić information content (AvgIpc) is 3.51. The van der Waals surface area contributed by atoms with E-state index in [9.17, 15) is 4.79 Å². The molecule has 2 aliphatic heterocycles. The molecule has 0 bridgehead atoms. The number of hydrogen-bond donors (Lipinski definition) is 0. The van der Waals surface area contributed by atoms with Crippen LogP contribution in [-0.4, -0.2) is 63.6 Å². The van der Waals surface area contributed by atoms with Crippen molar-refractivity contribution in [3.05, 3.63) is 53.8 Å². The third-order valence-corrected chi connectivity index (χ3v) is 5.89. The second-order valence-corrected chi connectivity index (χ2v) is 7.94. The summed E-state index contributed by atoms with van der Waals surface area (Å²) in [6.45, 7) is 4.52. The van der Waals surface area contributed by atoms with Crippen LogP contribution < -0.4 is 14.4 Å². The average molecular weight is 436 g/mol. The van der Waals surface area contributed by atoms with E-state index in [1.807, 2.05) is 13.1 Å². The van der Waals surface area contributed by atoms with E-state index >= 15 is 0 Å². The molecule has 3 aromatic heterocycles. The first-order valence-corrected chi connectivity index (χ1v) is 10.5. The van der Waals surface area contributed by atoms with Gasteiger partial charge >= 0.3 is 0 Å². The van der Waals surface area contributed by atoms with Crippen molar-refractivity contribution < 1.29 is 18.7 Å². The maximum atomic E-state index is 12.5. The molecule has 1 amide bonds. The number of oxazole rings is 1. The predicted octanol–water partition coefficient (Wildman–Crippen LogP) is 2.03. The van der Waals surface area contributed by atoms with Crippen LogP contribution in [0.3, 0.4) is 0 Å². The molecule has 0 radical (unpaired) electrons. The first-order chi connectivity index (χ1) is 15.6. The van der Waals surface area contributed by atoms with Gasteiger partial charge in [0.15, 0.2) is 6.39 Å². The van der Waals surface area contributed by atoms with E-state index < -0.39 is 0 Å². The van der Waals surface area contributed by atoms with E-state index in [0.717, 1.165) is 41.9 Å². The zero-order valence-corrected chi connectivity index (χ0v) is 18.0. The number of hydrogen-bond acceptors (Lipinski definition) is 9. The van der Waals surface area contributed by atoms with Crippen molar-refractivity contribution in [3.63, 3.8) is 0 Å². The van der Waals surface area contributed by atoms with Crippen molar-refractivity contribution in [1.29, 1.82) is 0 Å². The van der Waals surface area contributed by atoms with Crippen molar-refractivity contribution >= 4 is 11.6 Å². The van der Waals surface area contributed by atoms with E-state index in [1.165, 1.54) is 12.6 Å². The van der Waals surface area contributed by atoms with Gasteiger partial charge in [-0.3, -0.25) is 4.79 Å². The van der Waals surface area contributed by atoms with Gasteiger partial charge in [-0.1, -0.05) is 0 Å². The lowest BCUT2D eigenvalue weighted by atomic mass is 10.1. The predicted molar refractivity (Wildman–Crippen MR) is 114 cm³/mol. The summed E-state index contributed by atoms with van der Waals surface area (Å²) in [5.41, 5.74) is 3.98. The Morgan fingerprint density at radius 3 is 2.88 bits per heavy atom. The largest absolute Gasteiger partial charge is 0.481 e. The number of anilines is 1. The van der Waals surface area contributed by atoms with Crippen LogP contribution in [0.4, 0.5) is 5.69 Å². The summed E-state index contributed by atoms with van der Waals surface area (Å²) in [6.07, 6.45) is 7.45. The molecule has 32 heavy (non-hydrogen) atoms. The molecular formula is C22H24N6O4. The van der Waals surface area contributed by atoms with Crippen LogP contribution in [0.15, 0.2) is 35.6 Å². The summed E-state index contributed by atoms with van der Waals surface area (Å²) in [5, 5.41) is 0. The zero-order chi connectivity index (χ0) is 22.1. The summed E-state index contributed by atoms with van der Waals surface area (Å²) in [7, 11) is 1.62. The Bertz CT molecular complexity index is 1120. The summed E-state index contributed by atoms with van der Waals surface area (Å²) in [6, 6.07) is 2.07. The molecule has 0 N–H and O–H groups in total. The Balaban J connectivity index is 1.30. The Morgan fingerprint density at radius 2 is 2.09 bits per heavy atom. The molecule has 2 aliphatic rings. The standard InChI is InChI=1S/C22H24N6O4/c1-14-7-15(8-24-20(14)30-2)27-6-4-18-17(11-27)21(26-12-25-18)32-16-3-5-28(10-16)22(29)19-9-23-13-31-19/h7-9,12-13,16H,3-6,10-11H2,1-2H3. The third-order valence-electron chi connectivity index (χ3n) is 5.89. The SMILES string of the molecule is COc1ncc(N2CCc3ncnc(OC4CCN(C(=O)c5cnco5)C4)c3C2)cc1C. The molecule has 10 heteroatoms. The number of methoxy groups -OCH3 is 1. The van der Waals surface area contributed by atoms with Crippen LogP contribution in [0.2, 0.25) is 0 Å². The summed E-state index contributed by atoms with van der Waals surface area (Å²) in [5.74, 6) is 1.28. The Kier molecular flexibility index (Phi) is 5.34. The second-order valence-electron chi connectivity index (χ2n) is 7.94. The fourth-order valence-electron chi connectivity index (χ4n) is 4.22. The van der Waals surface area contributed by atoms with E-state index in [1.54, 1.807) is 18.3 Å². The summed E-state index contributed by atoms with van der Waals surface area (Å²) in [4.78, 5) is 33.6. The molecule has 0 saturated carbocycles. The first-order valence-electron chi connectivity index (χ1n) is 10.5. The first kappa shape index (κ1) is 20.2.